The van der Waals surface area contributed by atoms with Crippen LogP contribution in [-0.4, -0.2) is 35.7 Å². The molecular weight excluding hydrogens is 364 g/mol. The Balaban J connectivity index is 1.57. The number of aryl methyl sites for hydroxylation is 1. The van der Waals surface area contributed by atoms with Crippen molar-refractivity contribution in [2.45, 2.75) is 13.5 Å². The highest BCUT2D eigenvalue weighted by Crippen LogP contribution is 2.40. The second-order valence-electron chi connectivity index (χ2n) is 6.25. The molecule has 0 unspecified atom stereocenters. The van der Waals surface area contributed by atoms with Gasteiger partial charge in [0.2, 0.25) is 5.75 Å². The SMILES string of the molecule is COc1cc(C(=O)OCc2cc(=O)n3cccc(C)c3n2)cc2c1OCCO2. The molecule has 0 radical (unpaired) electrons. The second-order valence-corrected chi connectivity index (χ2v) is 6.25. The van der Waals surface area contributed by atoms with Crippen LogP contribution in [-0.2, 0) is 11.3 Å². The second kappa shape index (κ2) is 7.22. The lowest BCUT2D eigenvalue weighted by Crippen LogP contribution is -2.18. The van der Waals surface area contributed by atoms with Gasteiger partial charge in [-0.25, -0.2) is 9.78 Å². The first kappa shape index (κ1) is 17.8. The lowest BCUT2D eigenvalue weighted by atomic mass is 10.1. The van der Waals surface area contributed by atoms with Crippen molar-refractivity contribution in [3.63, 3.8) is 0 Å². The Morgan fingerprint density at radius 1 is 1.25 bits per heavy atom. The highest BCUT2D eigenvalue weighted by atomic mass is 16.6. The molecule has 1 aliphatic heterocycles. The fraction of sp³-hybridized carbons (Fsp3) is 0.250. The van der Waals surface area contributed by atoms with Crippen molar-refractivity contribution in [3.8, 4) is 17.2 Å². The molecule has 144 valence electrons. The highest BCUT2D eigenvalue weighted by Gasteiger charge is 2.21. The number of hydrogen-bond acceptors (Lipinski definition) is 7. The van der Waals surface area contributed by atoms with Crippen LogP contribution >= 0.6 is 0 Å². The maximum absolute atomic E-state index is 12.5. The van der Waals surface area contributed by atoms with E-state index in [2.05, 4.69) is 4.98 Å². The van der Waals surface area contributed by atoms with E-state index in [1.165, 1.54) is 23.6 Å². The molecule has 3 heterocycles. The van der Waals surface area contributed by atoms with Gasteiger partial charge < -0.3 is 18.9 Å². The summed E-state index contributed by atoms with van der Waals surface area (Å²) >= 11 is 0. The molecule has 3 aromatic rings. The van der Waals surface area contributed by atoms with Gasteiger partial charge in [0, 0.05) is 12.3 Å². The predicted molar refractivity (Wildman–Crippen MR) is 99.3 cm³/mol. The van der Waals surface area contributed by atoms with E-state index in [-0.39, 0.29) is 17.7 Å². The third-order valence-corrected chi connectivity index (χ3v) is 4.35. The van der Waals surface area contributed by atoms with Crippen molar-refractivity contribution in [2.24, 2.45) is 0 Å². The third-order valence-electron chi connectivity index (χ3n) is 4.35. The van der Waals surface area contributed by atoms with Gasteiger partial charge in [-0.1, -0.05) is 6.07 Å². The third kappa shape index (κ3) is 3.24. The number of aromatic nitrogens is 2. The number of hydrogen-bond donors (Lipinski definition) is 0. The van der Waals surface area contributed by atoms with Crippen LogP contribution in [0.2, 0.25) is 0 Å². The van der Waals surface area contributed by atoms with Crippen LogP contribution < -0.4 is 19.8 Å². The topological polar surface area (TPSA) is 88.4 Å². The Bertz CT molecular complexity index is 1100. The first-order valence-corrected chi connectivity index (χ1v) is 8.69. The standard InChI is InChI=1S/C20H18N2O6/c1-12-4-3-5-22-17(23)10-14(21-19(12)22)11-28-20(24)13-8-15(25-2)18-16(9-13)26-6-7-27-18/h3-5,8-10H,6-7,11H2,1-2H3. The lowest BCUT2D eigenvalue weighted by molar-refractivity contribution is 0.0466. The van der Waals surface area contributed by atoms with Gasteiger partial charge in [-0.2, -0.15) is 0 Å². The van der Waals surface area contributed by atoms with Crippen molar-refractivity contribution < 1.29 is 23.7 Å². The average molecular weight is 382 g/mol. The van der Waals surface area contributed by atoms with Gasteiger partial charge in [0.1, 0.15) is 25.5 Å². The molecule has 2 aromatic heterocycles. The molecule has 0 saturated heterocycles. The van der Waals surface area contributed by atoms with Crippen molar-refractivity contribution in [1.29, 1.82) is 0 Å². The number of methoxy groups -OCH3 is 1. The average Bonchev–Trinajstić information content (AvgIpc) is 2.72. The minimum Gasteiger partial charge on any atom is -0.493 e. The molecular formula is C20H18N2O6. The lowest BCUT2D eigenvalue weighted by Gasteiger charge is -2.21. The van der Waals surface area contributed by atoms with E-state index in [0.717, 1.165) is 5.56 Å². The molecule has 0 amide bonds. The molecule has 8 heteroatoms. The Hall–Kier alpha value is -3.55. The predicted octanol–water partition coefficient (Wildman–Crippen LogP) is 2.14. The molecule has 0 spiro atoms. The van der Waals surface area contributed by atoms with Crippen molar-refractivity contribution in [2.75, 3.05) is 20.3 Å². The molecule has 0 saturated carbocycles. The smallest absolute Gasteiger partial charge is 0.338 e. The monoisotopic (exact) mass is 382 g/mol. The summed E-state index contributed by atoms with van der Waals surface area (Å²) in [5.74, 6) is 0.698. The van der Waals surface area contributed by atoms with Gasteiger partial charge in [-0.15, -0.1) is 0 Å². The van der Waals surface area contributed by atoms with Crippen LogP contribution in [0, 0.1) is 6.92 Å². The van der Waals surface area contributed by atoms with Gasteiger partial charge in [0.05, 0.1) is 18.4 Å². The van der Waals surface area contributed by atoms with E-state index in [0.29, 0.717) is 41.8 Å². The first-order chi connectivity index (χ1) is 13.6. The Kier molecular flexibility index (Phi) is 4.60. The van der Waals surface area contributed by atoms with Crippen LogP contribution in [0.1, 0.15) is 21.6 Å². The van der Waals surface area contributed by atoms with Gasteiger partial charge >= 0.3 is 5.97 Å². The summed E-state index contributed by atoms with van der Waals surface area (Å²) in [4.78, 5) is 29.2. The Morgan fingerprint density at radius 2 is 2.07 bits per heavy atom. The number of nitrogens with zero attached hydrogens (tertiary/aromatic N) is 2. The quantitative estimate of drug-likeness (QED) is 0.639. The molecule has 28 heavy (non-hydrogen) atoms. The number of pyridine rings is 1. The van der Waals surface area contributed by atoms with Crippen LogP contribution in [0.15, 0.2) is 41.3 Å². The fourth-order valence-corrected chi connectivity index (χ4v) is 3.00. The number of carbonyl (C=O) groups is 1. The molecule has 0 N–H and O–H groups in total. The largest absolute Gasteiger partial charge is 0.493 e. The van der Waals surface area contributed by atoms with Crippen LogP contribution in [0.25, 0.3) is 5.65 Å². The van der Waals surface area contributed by atoms with Crippen molar-refractivity contribution >= 4 is 11.6 Å². The molecule has 4 rings (SSSR count). The number of rotatable bonds is 4. The maximum Gasteiger partial charge on any atom is 0.338 e. The van der Waals surface area contributed by atoms with Crippen molar-refractivity contribution in [1.82, 2.24) is 9.38 Å². The summed E-state index contributed by atoms with van der Waals surface area (Å²) in [7, 11) is 1.48. The van der Waals surface area contributed by atoms with E-state index in [1.807, 2.05) is 13.0 Å². The zero-order chi connectivity index (χ0) is 19.7. The Morgan fingerprint density at radius 3 is 2.89 bits per heavy atom. The van der Waals surface area contributed by atoms with E-state index < -0.39 is 5.97 Å². The molecule has 1 aliphatic rings. The normalized spacial score (nSPS) is 12.6. The van der Waals surface area contributed by atoms with Crippen LogP contribution in [0.5, 0.6) is 17.2 Å². The minimum atomic E-state index is -0.581. The van der Waals surface area contributed by atoms with Crippen molar-refractivity contribution in [3.05, 3.63) is 63.7 Å². The summed E-state index contributed by atoms with van der Waals surface area (Å²) < 4.78 is 23.1. The summed E-state index contributed by atoms with van der Waals surface area (Å²) in [6.07, 6.45) is 1.65. The van der Waals surface area contributed by atoms with Crippen LogP contribution in [0.3, 0.4) is 0 Å². The first-order valence-electron chi connectivity index (χ1n) is 8.69. The van der Waals surface area contributed by atoms with Gasteiger partial charge in [0.25, 0.3) is 5.56 Å². The zero-order valence-corrected chi connectivity index (χ0v) is 15.4. The molecule has 0 bridgehead atoms. The zero-order valence-electron chi connectivity index (χ0n) is 15.4. The van der Waals surface area contributed by atoms with Gasteiger partial charge in [-0.05, 0) is 30.7 Å². The maximum atomic E-state index is 12.5. The molecule has 1 aromatic carbocycles. The van der Waals surface area contributed by atoms with E-state index in [9.17, 15) is 9.59 Å². The molecule has 0 aliphatic carbocycles. The number of benzene rings is 1. The minimum absolute atomic E-state index is 0.129. The van der Waals surface area contributed by atoms with E-state index >= 15 is 0 Å². The van der Waals surface area contributed by atoms with E-state index in [1.54, 1.807) is 18.3 Å². The highest BCUT2D eigenvalue weighted by molar-refractivity contribution is 5.91. The number of ether oxygens (including phenoxy) is 4. The fourth-order valence-electron chi connectivity index (χ4n) is 3.00. The summed E-state index contributed by atoms with van der Waals surface area (Å²) in [5, 5.41) is 0. The summed E-state index contributed by atoms with van der Waals surface area (Å²) in [6.45, 7) is 2.53. The number of carbonyl (C=O) groups excluding carboxylic acids is 1. The molecule has 8 nitrogen and oxygen atoms in total. The molecule has 0 atom stereocenters. The van der Waals surface area contributed by atoms with Crippen LogP contribution in [0.4, 0.5) is 0 Å². The van der Waals surface area contributed by atoms with E-state index in [4.69, 9.17) is 18.9 Å². The summed E-state index contributed by atoms with van der Waals surface area (Å²) in [5.41, 5.74) is 1.78. The molecule has 0 fully saturated rings. The number of esters is 1. The van der Waals surface area contributed by atoms with Gasteiger partial charge in [-0.3, -0.25) is 9.20 Å². The number of fused-ring (bicyclic) bond motifs is 2. The Labute approximate surface area is 160 Å². The van der Waals surface area contributed by atoms with Gasteiger partial charge in [0.15, 0.2) is 11.5 Å². The summed E-state index contributed by atoms with van der Waals surface area (Å²) in [6, 6.07) is 8.07.